The maximum atomic E-state index is 12.4. The predicted octanol–water partition coefficient (Wildman–Crippen LogP) is 0.722. The van der Waals surface area contributed by atoms with Gasteiger partial charge in [0.15, 0.2) is 5.78 Å². The summed E-state index contributed by atoms with van der Waals surface area (Å²) in [6.45, 7) is 4.10. The van der Waals surface area contributed by atoms with Crippen LogP contribution in [0.4, 0.5) is 0 Å². The highest BCUT2D eigenvalue weighted by Crippen LogP contribution is 2.35. The zero-order valence-corrected chi connectivity index (χ0v) is 15.3. The standard InChI is InChI=1S/C19H27NO6/c1-10-3-11(2)19(25)13(4-10)14(21)5-12-6-17(23)20(18(24)7-12)8-15(22)16-9-26-16/h10-14,16,21H,3-9H2,1-2H3/t10-,11?,13?,14+,16?/m0/s1. The van der Waals surface area contributed by atoms with Crippen LogP contribution in [0, 0.1) is 23.7 Å². The molecule has 3 unspecified atom stereocenters. The van der Waals surface area contributed by atoms with Gasteiger partial charge in [-0.1, -0.05) is 13.8 Å². The van der Waals surface area contributed by atoms with Crippen LogP contribution in [0.2, 0.25) is 0 Å². The third-order valence-corrected chi connectivity index (χ3v) is 5.84. The Labute approximate surface area is 153 Å². The van der Waals surface area contributed by atoms with Crippen molar-refractivity contribution in [2.75, 3.05) is 13.2 Å². The lowest BCUT2D eigenvalue weighted by Crippen LogP contribution is -2.47. The molecule has 2 amide bonds. The van der Waals surface area contributed by atoms with E-state index in [1.54, 1.807) is 0 Å². The molecule has 1 N–H and O–H groups in total. The first-order chi connectivity index (χ1) is 12.3. The first-order valence-electron chi connectivity index (χ1n) is 9.45. The second-order valence-corrected chi connectivity index (χ2v) is 8.23. The Morgan fingerprint density at radius 2 is 1.81 bits per heavy atom. The van der Waals surface area contributed by atoms with E-state index in [1.165, 1.54) is 0 Å². The van der Waals surface area contributed by atoms with Crippen LogP contribution in [0.1, 0.15) is 46.0 Å². The molecule has 0 aromatic rings. The number of imide groups is 1. The van der Waals surface area contributed by atoms with Gasteiger partial charge in [0.25, 0.3) is 0 Å². The SMILES string of the molecule is CC1C[C@H](C)CC([C@H](O)CC2CC(=O)N(CC(=O)C3CO3)C(=O)C2)C1=O. The molecule has 7 heteroatoms. The van der Waals surface area contributed by atoms with Gasteiger partial charge in [0, 0.05) is 24.7 Å². The largest absolute Gasteiger partial charge is 0.392 e. The molecule has 0 radical (unpaired) electrons. The van der Waals surface area contributed by atoms with E-state index in [2.05, 4.69) is 6.92 Å². The summed E-state index contributed by atoms with van der Waals surface area (Å²) in [5.74, 6) is -1.31. The van der Waals surface area contributed by atoms with Crippen LogP contribution >= 0.6 is 0 Å². The van der Waals surface area contributed by atoms with Crippen LogP contribution in [0.25, 0.3) is 0 Å². The molecule has 26 heavy (non-hydrogen) atoms. The van der Waals surface area contributed by atoms with Gasteiger partial charge < -0.3 is 9.84 Å². The van der Waals surface area contributed by atoms with Gasteiger partial charge in [0.2, 0.25) is 11.8 Å². The Hall–Kier alpha value is -1.60. The average Bonchev–Trinajstić information content (AvgIpc) is 3.39. The quantitative estimate of drug-likeness (QED) is 0.549. The van der Waals surface area contributed by atoms with Gasteiger partial charge in [-0.05, 0) is 31.1 Å². The highest BCUT2D eigenvalue weighted by Gasteiger charge is 2.41. The van der Waals surface area contributed by atoms with Crippen LogP contribution in [-0.4, -0.2) is 58.7 Å². The van der Waals surface area contributed by atoms with Crippen molar-refractivity contribution in [3.05, 3.63) is 0 Å². The monoisotopic (exact) mass is 365 g/mol. The Morgan fingerprint density at radius 1 is 1.19 bits per heavy atom. The molecule has 0 aromatic heterocycles. The zero-order valence-electron chi connectivity index (χ0n) is 15.3. The summed E-state index contributed by atoms with van der Waals surface area (Å²) in [5, 5.41) is 10.6. The highest BCUT2D eigenvalue weighted by molar-refractivity contribution is 6.02. The number of amides is 2. The van der Waals surface area contributed by atoms with Crippen molar-refractivity contribution in [2.45, 2.75) is 58.2 Å². The van der Waals surface area contributed by atoms with Gasteiger partial charge in [-0.2, -0.15) is 0 Å². The summed E-state index contributed by atoms with van der Waals surface area (Å²) in [5.41, 5.74) is 0. The molecule has 3 fully saturated rings. The number of nitrogens with zero attached hydrogens (tertiary/aromatic N) is 1. The number of epoxide rings is 1. The maximum absolute atomic E-state index is 12.4. The Kier molecular flexibility index (Phi) is 5.58. The van der Waals surface area contributed by atoms with E-state index in [0.29, 0.717) is 18.9 Å². The number of ketones is 2. The van der Waals surface area contributed by atoms with E-state index in [-0.39, 0.29) is 61.0 Å². The molecular formula is C19H27NO6. The molecular weight excluding hydrogens is 338 g/mol. The molecule has 2 heterocycles. The van der Waals surface area contributed by atoms with Crippen molar-refractivity contribution in [3.63, 3.8) is 0 Å². The lowest BCUT2D eigenvalue weighted by molar-refractivity contribution is -0.153. The van der Waals surface area contributed by atoms with Gasteiger partial charge in [-0.15, -0.1) is 0 Å². The second kappa shape index (κ2) is 7.56. The van der Waals surface area contributed by atoms with E-state index in [4.69, 9.17) is 4.74 Å². The molecule has 3 rings (SSSR count). The number of piperidine rings is 1. The smallest absolute Gasteiger partial charge is 0.229 e. The molecule has 144 valence electrons. The van der Waals surface area contributed by atoms with E-state index in [9.17, 15) is 24.3 Å². The molecule has 2 saturated heterocycles. The van der Waals surface area contributed by atoms with Crippen molar-refractivity contribution in [1.29, 1.82) is 0 Å². The van der Waals surface area contributed by atoms with E-state index in [1.807, 2.05) is 6.92 Å². The minimum Gasteiger partial charge on any atom is -0.392 e. The average molecular weight is 365 g/mol. The van der Waals surface area contributed by atoms with Crippen molar-refractivity contribution in [2.24, 2.45) is 23.7 Å². The Bertz CT molecular complexity index is 595. The topological polar surface area (TPSA) is 104 Å². The number of hydrogen-bond acceptors (Lipinski definition) is 6. The normalized spacial score (nSPS) is 34.1. The van der Waals surface area contributed by atoms with E-state index < -0.39 is 18.1 Å². The number of aliphatic hydroxyl groups excluding tert-OH is 1. The summed E-state index contributed by atoms with van der Waals surface area (Å²) in [6, 6.07) is 0. The number of carbonyl (C=O) groups is 4. The van der Waals surface area contributed by atoms with Crippen molar-refractivity contribution in [1.82, 2.24) is 4.90 Å². The third-order valence-electron chi connectivity index (χ3n) is 5.84. The van der Waals surface area contributed by atoms with Crippen molar-refractivity contribution >= 4 is 23.4 Å². The van der Waals surface area contributed by atoms with Gasteiger partial charge >= 0.3 is 0 Å². The number of ether oxygens (including phenoxy) is 1. The van der Waals surface area contributed by atoms with E-state index >= 15 is 0 Å². The molecule has 0 aromatic carbocycles. The van der Waals surface area contributed by atoms with Gasteiger partial charge in [-0.25, -0.2) is 0 Å². The van der Waals surface area contributed by atoms with Crippen molar-refractivity contribution in [3.8, 4) is 0 Å². The minimum absolute atomic E-state index is 0.0563. The van der Waals surface area contributed by atoms with Gasteiger partial charge in [0.1, 0.15) is 11.9 Å². The van der Waals surface area contributed by atoms with Gasteiger partial charge in [-0.3, -0.25) is 24.1 Å². The number of Topliss-reactive ketones (excluding diaryl/α,β-unsaturated/α-hetero) is 2. The fourth-order valence-electron chi connectivity index (χ4n) is 4.34. The van der Waals surface area contributed by atoms with E-state index in [0.717, 1.165) is 11.3 Å². The van der Waals surface area contributed by atoms with Crippen LogP contribution in [0.3, 0.4) is 0 Å². The first kappa shape index (κ1) is 19.2. The number of hydrogen-bond donors (Lipinski definition) is 1. The number of carbonyl (C=O) groups excluding carboxylic acids is 4. The zero-order chi connectivity index (χ0) is 19.0. The molecule has 5 atom stereocenters. The first-order valence-corrected chi connectivity index (χ1v) is 9.45. The molecule has 7 nitrogen and oxygen atoms in total. The lowest BCUT2D eigenvalue weighted by Gasteiger charge is -2.35. The summed E-state index contributed by atoms with van der Waals surface area (Å²) in [7, 11) is 0. The van der Waals surface area contributed by atoms with Crippen LogP contribution < -0.4 is 0 Å². The Morgan fingerprint density at radius 3 is 2.38 bits per heavy atom. The fraction of sp³-hybridized carbons (Fsp3) is 0.789. The van der Waals surface area contributed by atoms with Crippen molar-refractivity contribution < 1.29 is 29.0 Å². The summed E-state index contributed by atoms with van der Waals surface area (Å²) < 4.78 is 4.89. The Balaban J connectivity index is 1.56. The highest BCUT2D eigenvalue weighted by atomic mass is 16.6. The molecule has 1 saturated carbocycles. The molecule has 0 spiro atoms. The molecule has 0 bridgehead atoms. The third kappa shape index (κ3) is 4.20. The number of aliphatic hydroxyl groups is 1. The number of rotatable bonds is 6. The second-order valence-electron chi connectivity index (χ2n) is 8.23. The predicted molar refractivity (Wildman–Crippen MR) is 90.9 cm³/mol. The number of likely N-dealkylation sites (tertiary alicyclic amines) is 1. The maximum Gasteiger partial charge on any atom is 0.229 e. The summed E-state index contributed by atoms with van der Waals surface area (Å²) >= 11 is 0. The molecule has 3 aliphatic rings. The van der Waals surface area contributed by atoms with Crippen LogP contribution in [0.5, 0.6) is 0 Å². The lowest BCUT2D eigenvalue weighted by atomic mass is 9.71. The molecule has 1 aliphatic carbocycles. The minimum atomic E-state index is -0.827. The summed E-state index contributed by atoms with van der Waals surface area (Å²) in [6.07, 6.45) is 0.696. The van der Waals surface area contributed by atoms with Crippen LogP contribution in [-0.2, 0) is 23.9 Å². The van der Waals surface area contributed by atoms with Crippen LogP contribution in [0.15, 0.2) is 0 Å². The summed E-state index contributed by atoms with van der Waals surface area (Å²) in [4.78, 5) is 49.7. The molecule has 2 aliphatic heterocycles. The fourth-order valence-corrected chi connectivity index (χ4v) is 4.34. The van der Waals surface area contributed by atoms with Gasteiger partial charge in [0.05, 0.1) is 19.3 Å².